The SMILES string of the molecule is FSc1ccnc(SF)c1SF. The lowest BCUT2D eigenvalue weighted by molar-refractivity contribution is 0.850. The third-order valence-corrected chi connectivity index (χ3v) is 2.86. The average Bonchev–Trinajstić information content (AvgIpc) is 2.16. The minimum absolute atomic E-state index is 0.0395. The Labute approximate surface area is 80.4 Å². The molecule has 0 aliphatic carbocycles. The van der Waals surface area contributed by atoms with Crippen molar-refractivity contribution in [2.24, 2.45) is 0 Å². The van der Waals surface area contributed by atoms with Crippen molar-refractivity contribution in [1.29, 1.82) is 0 Å². The molecular weight excluding hydrogens is 227 g/mol. The quantitative estimate of drug-likeness (QED) is 0.776. The molecule has 0 aliphatic heterocycles. The molecule has 0 atom stereocenters. The van der Waals surface area contributed by atoms with E-state index in [2.05, 4.69) is 4.98 Å². The summed E-state index contributed by atoms with van der Waals surface area (Å²) in [6.45, 7) is 0. The minimum Gasteiger partial charge on any atom is -0.246 e. The Morgan fingerprint density at radius 1 is 1.08 bits per heavy atom. The van der Waals surface area contributed by atoms with Gasteiger partial charge in [0.1, 0.15) is 17.2 Å². The van der Waals surface area contributed by atoms with Crippen LogP contribution in [0.15, 0.2) is 27.1 Å². The number of pyridine rings is 1. The average molecular weight is 229 g/mol. The first-order chi connectivity index (χ1) is 5.83. The van der Waals surface area contributed by atoms with Crippen LogP contribution in [0.3, 0.4) is 0 Å². The fourth-order valence-electron chi connectivity index (χ4n) is 0.599. The summed E-state index contributed by atoms with van der Waals surface area (Å²) < 4.78 is 36.2. The van der Waals surface area contributed by atoms with Gasteiger partial charge in [0.25, 0.3) is 0 Å². The van der Waals surface area contributed by atoms with E-state index in [1.54, 1.807) is 0 Å². The van der Waals surface area contributed by atoms with E-state index in [1.807, 2.05) is 0 Å². The van der Waals surface area contributed by atoms with Crippen LogP contribution in [0.4, 0.5) is 11.7 Å². The summed E-state index contributed by atoms with van der Waals surface area (Å²) in [5.41, 5.74) is 0. The van der Waals surface area contributed by atoms with Crippen molar-refractivity contribution in [3.8, 4) is 0 Å². The van der Waals surface area contributed by atoms with E-state index in [0.717, 1.165) is 0 Å². The van der Waals surface area contributed by atoms with Gasteiger partial charge in [-0.05, 0) is 6.07 Å². The molecular formula is C5H2F3NS3. The molecule has 0 fully saturated rings. The second-order valence-corrected chi connectivity index (χ2v) is 3.37. The van der Waals surface area contributed by atoms with Gasteiger partial charge in [-0.1, -0.05) is 0 Å². The van der Waals surface area contributed by atoms with Gasteiger partial charge in [-0.15, -0.1) is 0 Å². The molecule has 0 bridgehead atoms. The number of nitrogens with zero attached hydrogens (tertiary/aromatic N) is 1. The zero-order valence-corrected chi connectivity index (χ0v) is 7.91. The fraction of sp³-hybridized carbons (Fsp3) is 0. The summed E-state index contributed by atoms with van der Waals surface area (Å²) in [7, 11) is 0. The first-order valence-electron chi connectivity index (χ1n) is 2.68. The molecule has 1 aromatic heterocycles. The molecule has 7 heteroatoms. The summed E-state index contributed by atoms with van der Waals surface area (Å²) in [5.74, 6) is 0. The smallest absolute Gasteiger partial charge is 0.146 e. The van der Waals surface area contributed by atoms with E-state index in [-0.39, 0.29) is 51.3 Å². The standard InChI is InChI=1S/C5H2F3NS3/c6-10-3-1-2-9-5(12-8)4(3)11-7/h1-2H. The summed E-state index contributed by atoms with van der Waals surface area (Å²) in [6.07, 6.45) is 1.23. The molecule has 1 nitrogen and oxygen atoms in total. The minimum atomic E-state index is -0.213. The molecule has 0 unspecified atom stereocenters. The molecule has 0 amide bonds. The Morgan fingerprint density at radius 3 is 2.33 bits per heavy atom. The number of rotatable bonds is 3. The normalized spacial score (nSPS) is 10.2. The molecule has 1 rings (SSSR count). The number of halogens is 3. The molecule has 1 heterocycles. The molecule has 0 spiro atoms. The Morgan fingerprint density at radius 2 is 1.83 bits per heavy atom. The van der Waals surface area contributed by atoms with Gasteiger partial charge < -0.3 is 0 Å². The van der Waals surface area contributed by atoms with Gasteiger partial charge in [-0.2, -0.15) is 11.7 Å². The molecule has 1 aromatic rings. The lowest BCUT2D eigenvalue weighted by atomic mass is 10.5. The first-order valence-corrected chi connectivity index (χ1v) is 4.83. The van der Waals surface area contributed by atoms with E-state index in [9.17, 15) is 11.7 Å². The molecule has 66 valence electrons. The number of hydrogen-bond acceptors (Lipinski definition) is 4. The molecule has 0 N–H and O–H groups in total. The van der Waals surface area contributed by atoms with Crippen molar-refractivity contribution in [2.45, 2.75) is 14.8 Å². The van der Waals surface area contributed by atoms with Crippen molar-refractivity contribution in [1.82, 2.24) is 4.98 Å². The highest BCUT2D eigenvalue weighted by molar-refractivity contribution is 7.99. The largest absolute Gasteiger partial charge is 0.246 e. The highest BCUT2D eigenvalue weighted by atomic mass is 32.2. The van der Waals surface area contributed by atoms with Crippen LogP contribution in [-0.2, 0) is 0 Å². The molecule has 0 saturated carbocycles. The number of hydrogen-bond donors (Lipinski definition) is 0. The van der Waals surface area contributed by atoms with Crippen molar-refractivity contribution < 1.29 is 11.7 Å². The molecule has 0 saturated heterocycles. The van der Waals surface area contributed by atoms with Gasteiger partial charge in [0.2, 0.25) is 0 Å². The maximum absolute atomic E-state index is 12.1. The Hall–Kier alpha value is -0.0100. The predicted molar refractivity (Wildman–Crippen MR) is 45.1 cm³/mol. The summed E-state index contributed by atoms with van der Waals surface area (Å²) in [5, 5.41) is -0.148. The highest BCUT2D eigenvalue weighted by Crippen LogP contribution is 2.38. The monoisotopic (exact) mass is 229 g/mol. The molecule has 0 aromatic carbocycles. The second kappa shape index (κ2) is 4.88. The van der Waals surface area contributed by atoms with Gasteiger partial charge in [0.05, 0.1) is 34.1 Å². The van der Waals surface area contributed by atoms with Crippen LogP contribution in [0.5, 0.6) is 0 Å². The van der Waals surface area contributed by atoms with Gasteiger partial charge in [-0.3, -0.25) is 0 Å². The van der Waals surface area contributed by atoms with Gasteiger partial charge in [0, 0.05) is 6.20 Å². The molecule has 0 aliphatic rings. The van der Waals surface area contributed by atoms with Crippen LogP contribution in [-0.4, -0.2) is 4.98 Å². The van der Waals surface area contributed by atoms with Crippen LogP contribution >= 0.6 is 36.4 Å². The highest BCUT2D eigenvalue weighted by Gasteiger charge is 2.12. The summed E-state index contributed by atoms with van der Waals surface area (Å²) in [4.78, 5) is 3.45. The summed E-state index contributed by atoms with van der Waals surface area (Å²) in [6, 6.07) is 1.28. The van der Waals surface area contributed by atoms with Crippen LogP contribution in [0, 0.1) is 0 Å². The van der Waals surface area contributed by atoms with Crippen LogP contribution in [0.2, 0.25) is 0 Å². The van der Waals surface area contributed by atoms with E-state index >= 15 is 0 Å². The maximum atomic E-state index is 12.1. The Balaban J connectivity index is 3.13. The van der Waals surface area contributed by atoms with E-state index in [4.69, 9.17) is 0 Å². The van der Waals surface area contributed by atoms with Crippen LogP contribution in [0.1, 0.15) is 0 Å². The molecule has 0 radical (unpaired) electrons. The van der Waals surface area contributed by atoms with E-state index in [0.29, 0.717) is 0 Å². The zero-order valence-electron chi connectivity index (χ0n) is 5.46. The lowest BCUT2D eigenvalue weighted by Gasteiger charge is -2.01. The Kier molecular flexibility index (Phi) is 4.10. The zero-order chi connectivity index (χ0) is 8.97. The van der Waals surface area contributed by atoms with Crippen molar-refractivity contribution in [2.75, 3.05) is 0 Å². The molecule has 12 heavy (non-hydrogen) atoms. The Bertz CT molecular complexity index is 248. The number of aromatic nitrogens is 1. The maximum Gasteiger partial charge on any atom is 0.146 e. The topological polar surface area (TPSA) is 12.9 Å². The summed E-state index contributed by atoms with van der Waals surface area (Å²) >= 11 is -0.547. The predicted octanol–water partition coefficient (Wildman–Crippen LogP) is 4.01. The van der Waals surface area contributed by atoms with Gasteiger partial charge in [-0.25, -0.2) is 4.98 Å². The van der Waals surface area contributed by atoms with Crippen molar-refractivity contribution >= 4 is 36.4 Å². The van der Waals surface area contributed by atoms with E-state index in [1.165, 1.54) is 12.3 Å². The second-order valence-electron chi connectivity index (χ2n) is 1.67. The van der Waals surface area contributed by atoms with Gasteiger partial charge >= 0.3 is 0 Å². The lowest BCUT2D eigenvalue weighted by Crippen LogP contribution is -1.83. The third-order valence-electron chi connectivity index (χ3n) is 1.07. The van der Waals surface area contributed by atoms with Crippen LogP contribution < -0.4 is 0 Å². The van der Waals surface area contributed by atoms with Gasteiger partial charge in [0.15, 0.2) is 0 Å². The van der Waals surface area contributed by atoms with Crippen LogP contribution in [0.25, 0.3) is 0 Å². The first kappa shape index (κ1) is 10.1. The third kappa shape index (κ3) is 2.02. The van der Waals surface area contributed by atoms with Crippen molar-refractivity contribution in [3.05, 3.63) is 12.3 Å². The van der Waals surface area contributed by atoms with E-state index < -0.39 is 0 Å². The fourth-order valence-corrected chi connectivity index (χ4v) is 1.86. The van der Waals surface area contributed by atoms with Crippen molar-refractivity contribution in [3.63, 3.8) is 0 Å².